The molecule has 0 aromatic carbocycles. The fourth-order valence-electron chi connectivity index (χ4n) is 5.11. The fraction of sp³-hybridized carbons (Fsp3) is 0.611. The number of fused-ring (bicyclic) bond motifs is 3. The number of rotatable bonds is 2. The van der Waals surface area contributed by atoms with E-state index in [1.54, 1.807) is 6.21 Å². The molecule has 2 unspecified atom stereocenters. The Balaban J connectivity index is 1.47. The van der Waals surface area contributed by atoms with E-state index in [-0.39, 0.29) is 11.8 Å². The minimum atomic E-state index is -0.0352. The molecule has 4 nitrogen and oxygen atoms in total. The van der Waals surface area contributed by atoms with Crippen molar-refractivity contribution < 1.29 is 4.79 Å². The van der Waals surface area contributed by atoms with Crippen molar-refractivity contribution in [2.75, 3.05) is 0 Å². The molecule has 4 aliphatic rings. The van der Waals surface area contributed by atoms with Crippen LogP contribution in [0.1, 0.15) is 33.6 Å². The van der Waals surface area contributed by atoms with Crippen molar-refractivity contribution in [2.45, 2.75) is 39.7 Å². The van der Waals surface area contributed by atoms with Crippen LogP contribution in [0.3, 0.4) is 0 Å². The standard InChI is InChI=1S/C18H22BrN3O/c1-9-12-4-11(7-18(12,2)3)16(9)22-17(23)13-5-10-6-15(19)20-8-14(10)21-13/h5-6,8-12,16H,4,7H2,1-3H3,(H,22,23)/t9-,10?,11?,12-,16+/m0/s1. The Morgan fingerprint density at radius 2 is 2.17 bits per heavy atom. The Labute approximate surface area is 145 Å². The SMILES string of the molecule is C[C@@H]1[C@@H](NC(=O)C2=CC3C=C(Br)N=CC3=N2)C2C[C@@H]1C(C)(C)C2. The van der Waals surface area contributed by atoms with Crippen LogP contribution in [0.2, 0.25) is 0 Å². The van der Waals surface area contributed by atoms with Gasteiger partial charge < -0.3 is 5.32 Å². The number of hydrogen-bond acceptors (Lipinski definition) is 3. The monoisotopic (exact) mass is 375 g/mol. The third-order valence-corrected chi connectivity index (χ3v) is 6.62. The predicted octanol–water partition coefficient (Wildman–Crippen LogP) is 3.45. The Kier molecular flexibility index (Phi) is 3.42. The van der Waals surface area contributed by atoms with Crippen LogP contribution in [0.4, 0.5) is 0 Å². The van der Waals surface area contributed by atoms with Crippen LogP contribution in [0, 0.1) is 29.1 Å². The van der Waals surface area contributed by atoms with Crippen LogP contribution in [0.25, 0.3) is 0 Å². The van der Waals surface area contributed by atoms with Gasteiger partial charge in [-0.1, -0.05) is 20.8 Å². The summed E-state index contributed by atoms with van der Waals surface area (Å²) in [6.45, 7) is 7.02. The first-order chi connectivity index (χ1) is 10.8. The van der Waals surface area contributed by atoms with Crippen molar-refractivity contribution in [1.82, 2.24) is 5.32 Å². The van der Waals surface area contributed by atoms with Gasteiger partial charge in [-0.2, -0.15) is 0 Å². The number of nitrogens with zero attached hydrogens (tertiary/aromatic N) is 2. The molecule has 5 atom stereocenters. The van der Waals surface area contributed by atoms with E-state index in [9.17, 15) is 4.79 Å². The molecule has 2 aliphatic heterocycles. The van der Waals surface area contributed by atoms with Crippen molar-refractivity contribution in [2.24, 2.45) is 39.1 Å². The Morgan fingerprint density at radius 1 is 1.39 bits per heavy atom. The van der Waals surface area contributed by atoms with Gasteiger partial charge in [0.1, 0.15) is 10.3 Å². The number of aliphatic imine (C=N–C) groups is 2. The molecule has 2 heterocycles. The molecule has 1 N–H and O–H groups in total. The van der Waals surface area contributed by atoms with Gasteiger partial charge in [0.05, 0.1) is 11.9 Å². The predicted molar refractivity (Wildman–Crippen MR) is 95.6 cm³/mol. The molecule has 2 fully saturated rings. The fourth-order valence-corrected chi connectivity index (χ4v) is 5.50. The van der Waals surface area contributed by atoms with E-state index >= 15 is 0 Å². The molecular weight excluding hydrogens is 354 g/mol. The molecule has 5 heteroatoms. The smallest absolute Gasteiger partial charge is 0.269 e. The Hall–Kier alpha value is -1.23. The van der Waals surface area contributed by atoms with Gasteiger partial charge in [-0.05, 0) is 64.1 Å². The van der Waals surface area contributed by atoms with E-state index < -0.39 is 0 Å². The normalized spacial score (nSPS) is 39.7. The van der Waals surface area contributed by atoms with Crippen molar-refractivity contribution in [3.63, 3.8) is 0 Å². The average Bonchev–Trinajstić information content (AvgIpc) is 3.11. The summed E-state index contributed by atoms with van der Waals surface area (Å²) in [6.07, 6.45) is 8.10. The van der Waals surface area contributed by atoms with E-state index in [1.807, 2.05) is 12.2 Å². The maximum absolute atomic E-state index is 12.6. The summed E-state index contributed by atoms with van der Waals surface area (Å²) in [6, 6.07) is 0.292. The molecule has 0 saturated heterocycles. The molecule has 0 spiro atoms. The highest BCUT2D eigenvalue weighted by atomic mass is 79.9. The van der Waals surface area contributed by atoms with Crippen molar-refractivity contribution >= 4 is 33.8 Å². The van der Waals surface area contributed by atoms with Gasteiger partial charge in [0.2, 0.25) is 0 Å². The summed E-state index contributed by atoms with van der Waals surface area (Å²) >= 11 is 3.37. The lowest BCUT2D eigenvalue weighted by Gasteiger charge is -2.39. The van der Waals surface area contributed by atoms with Gasteiger partial charge in [-0.25, -0.2) is 9.98 Å². The van der Waals surface area contributed by atoms with Crippen molar-refractivity contribution in [3.8, 4) is 0 Å². The number of amides is 1. The molecule has 0 radical (unpaired) electrons. The molecule has 2 saturated carbocycles. The first kappa shape index (κ1) is 15.3. The van der Waals surface area contributed by atoms with Crippen LogP contribution in [0.5, 0.6) is 0 Å². The average molecular weight is 376 g/mol. The van der Waals surface area contributed by atoms with Crippen molar-refractivity contribution in [3.05, 3.63) is 22.5 Å². The summed E-state index contributed by atoms with van der Waals surface area (Å²) < 4.78 is 0.795. The lowest BCUT2D eigenvalue weighted by Crippen LogP contribution is -2.46. The Bertz CT molecular complexity index is 686. The highest BCUT2D eigenvalue weighted by Gasteiger charge is 2.54. The first-order valence-corrected chi connectivity index (χ1v) is 9.17. The van der Waals surface area contributed by atoms with E-state index in [0.717, 1.165) is 16.2 Å². The number of hydrogen-bond donors (Lipinski definition) is 1. The molecule has 122 valence electrons. The second-order valence-corrected chi connectivity index (χ2v) is 8.83. The quantitative estimate of drug-likeness (QED) is 0.738. The molecule has 23 heavy (non-hydrogen) atoms. The minimum Gasteiger partial charge on any atom is -0.347 e. The minimum absolute atomic E-state index is 0.0352. The van der Waals surface area contributed by atoms with Gasteiger partial charge in [-0.3, -0.25) is 4.79 Å². The molecule has 1 amide bonds. The van der Waals surface area contributed by atoms with Gasteiger partial charge in [0.15, 0.2) is 0 Å². The topological polar surface area (TPSA) is 53.8 Å². The maximum atomic E-state index is 12.6. The lowest BCUT2D eigenvalue weighted by molar-refractivity contribution is -0.119. The molecule has 4 rings (SSSR count). The van der Waals surface area contributed by atoms with Gasteiger partial charge in [0, 0.05) is 12.0 Å². The molecule has 0 aromatic rings. The van der Waals surface area contributed by atoms with E-state index in [1.165, 1.54) is 12.8 Å². The third kappa shape index (κ3) is 2.44. The highest BCUT2D eigenvalue weighted by molar-refractivity contribution is 9.11. The number of carbonyl (C=O) groups is 1. The zero-order chi connectivity index (χ0) is 16.4. The zero-order valence-corrected chi connectivity index (χ0v) is 15.3. The van der Waals surface area contributed by atoms with Crippen LogP contribution in [-0.4, -0.2) is 23.9 Å². The van der Waals surface area contributed by atoms with Crippen LogP contribution in [-0.2, 0) is 4.79 Å². The summed E-state index contributed by atoms with van der Waals surface area (Å²) in [4.78, 5) is 21.3. The highest BCUT2D eigenvalue weighted by Crippen LogP contribution is 2.58. The number of halogens is 1. The lowest BCUT2D eigenvalue weighted by atomic mass is 9.70. The summed E-state index contributed by atoms with van der Waals surface area (Å²) in [5.74, 6) is 1.91. The zero-order valence-electron chi connectivity index (χ0n) is 13.7. The Morgan fingerprint density at radius 3 is 2.87 bits per heavy atom. The van der Waals surface area contributed by atoms with Gasteiger partial charge in [0.25, 0.3) is 5.91 Å². The van der Waals surface area contributed by atoms with Crippen LogP contribution in [0.15, 0.2) is 32.4 Å². The molecular formula is C18H22BrN3O. The van der Waals surface area contributed by atoms with E-state index in [2.05, 4.69) is 52.0 Å². The number of carbonyl (C=O) groups excluding carboxylic acids is 1. The van der Waals surface area contributed by atoms with Gasteiger partial charge >= 0.3 is 0 Å². The number of nitrogens with one attached hydrogen (secondary N) is 1. The second-order valence-electron chi connectivity index (χ2n) is 8.02. The number of allylic oxidation sites excluding steroid dienone is 2. The summed E-state index contributed by atoms with van der Waals surface area (Å²) in [5.41, 5.74) is 1.80. The largest absolute Gasteiger partial charge is 0.347 e. The molecule has 2 bridgehead atoms. The maximum Gasteiger partial charge on any atom is 0.269 e. The first-order valence-electron chi connectivity index (χ1n) is 8.38. The third-order valence-electron chi connectivity index (χ3n) is 6.15. The van der Waals surface area contributed by atoms with Crippen LogP contribution >= 0.6 is 15.9 Å². The van der Waals surface area contributed by atoms with E-state index in [0.29, 0.717) is 29.0 Å². The molecule has 0 aromatic heterocycles. The molecule has 2 aliphatic carbocycles. The van der Waals surface area contributed by atoms with Gasteiger partial charge in [-0.15, -0.1) is 0 Å². The summed E-state index contributed by atoms with van der Waals surface area (Å²) in [7, 11) is 0. The van der Waals surface area contributed by atoms with Crippen LogP contribution < -0.4 is 5.32 Å². The van der Waals surface area contributed by atoms with Crippen molar-refractivity contribution in [1.29, 1.82) is 0 Å². The summed E-state index contributed by atoms with van der Waals surface area (Å²) in [5, 5.41) is 3.27. The van der Waals surface area contributed by atoms with E-state index in [4.69, 9.17) is 0 Å². The second kappa shape index (κ2) is 5.13.